The Morgan fingerprint density at radius 1 is 0.750 bits per heavy atom. The Kier molecular flexibility index (Phi) is 12.0. The van der Waals surface area contributed by atoms with Crippen molar-refractivity contribution >= 4 is 0 Å². The van der Waals surface area contributed by atoms with Crippen LogP contribution in [-0.4, -0.2) is 16.5 Å². The predicted molar refractivity (Wildman–Crippen MR) is 64.6 cm³/mol. The van der Waals surface area contributed by atoms with E-state index in [1.165, 1.54) is 38.5 Å². The summed E-state index contributed by atoms with van der Waals surface area (Å²) in [6.45, 7) is 0. The van der Waals surface area contributed by atoms with E-state index in [0.29, 0.717) is 12.8 Å². The van der Waals surface area contributed by atoms with Gasteiger partial charge in [-0.3, -0.25) is 0 Å². The highest BCUT2D eigenvalue weighted by Crippen LogP contribution is 2.11. The fraction of sp³-hybridized carbons (Fsp3) is 0.923. The number of aliphatic hydroxyl groups excluding tert-OH is 1. The summed E-state index contributed by atoms with van der Waals surface area (Å²) in [5.74, 6) is 0. The van der Waals surface area contributed by atoms with E-state index in [2.05, 4.69) is 6.07 Å². The van der Waals surface area contributed by atoms with Crippen LogP contribution in [0.2, 0.25) is 0 Å². The van der Waals surface area contributed by atoms with Gasteiger partial charge in [0, 0.05) is 6.42 Å². The minimum absolute atomic E-state index is 0.508. The molecule has 0 rings (SSSR count). The van der Waals surface area contributed by atoms with Gasteiger partial charge in [0.15, 0.2) is 6.29 Å². The monoisotopic (exact) mass is 227 g/mol. The van der Waals surface area contributed by atoms with Crippen molar-refractivity contribution < 1.29 is 10.2 Å². The molecule has 0 saturated heterocycles. The van der Waals surface area contributed by atoms with Crippen molar-refractivity contribution in [2.75, 3.05) is 0 Å². The lowest BCUT2D eigenvalue weighted by atomic mass is 10.1. The first-order chi connectivity index (χ1) is 7.77. The molecule has 0 aliphatic heterocycles. The molecule has 0 amide bonds. The van der Waals surface area contributed by atoms with Crippen molar-refractivity contribution in [3.8, 4) is 6.07 Å². The summed E-state index contributed by atoms with van der Waals surface area (Å²) < 4.78 is 0. The molecule has 0 spiro atoms. The van der Waals surface area contributed by atoms with E-state index in [1.807, 2.05) is 0 Å². The molecule has 0 radical (unpaired) electrons. The van der Waals surface area contributed by atoms with E-state index in [0.717, 1.165) is 19.3 Å². The number of hydrogen-bond donors (Lipinski definition) is 2. The van der Waals surface area contributed by atoms with Gasteiger partial charge in [0.1, 0.15) is 0 Å². The van der Waals surface area contributed by atoms with Crippen LogP contribution in [-0.2, 0) is 0 Å². The van der Waals surface area contributed by atoms with Gasteiger partial charge in [0.2, 0.25) is 0 Å². The molecule has 94 valence electrons. The Hall–Kier alpha value is -0.590. The van der Waals surface area contributed by atoms with E-state index < -0.39 is 6.29 Å². The van der Waals surface area contributed by atoms with Gasteiger partial charge in [0.05, 0.1) is 6.07 Å². The van der Waals surface area contributed by atoms with Crippen LogP contribution >= 0.6 is 0 Å². The Morgan fingerprint density at radius 2 is 1.19 bits per heavy atom. The highest BCUT2D eigenvalue weighted by atomic mass is 16.5. The molecule has 0 atom stereocenters. The summed E-state index contributed by atoms with van der Waals surface area (Å²) in [4.78, 5) is 0. The van der Waals surface area contributed by atoms with Crippen LogP contribution in [0.25, 0.3) is 0 Å². The average Bonchev–Trinajstić information content (AvgIpc) is 2.25. The Morgan fingerprint density at radius 3 is 1.62 bits per heavy atom. The number of nitriles is 1. The molecular weight excluding hydrogens is 202 g/mol. The maximum atomic E-state index is 8.63. The van der Waals surface area contributed by atoms with Crippen molar-refractivity contribution in [1.29, 1.82) is 5.26 Å². The Bertz CT molecular complexity index is 175. The number of hydrogen-bond acceptors (Lipinski definition) is 3. The van der Waals surface area contributed by atoms with Crippen LogP contribution in [0.4, 0.5) is 0 Å². The van der Waals surface area contributed by atoms with E-state index in [-0.39, 0.29) is 0 Å². The zero-order valence-electron chi connectivity index (χ0n) is 10.2. The van der Waals surface area contributed by atoms with Crippen LogP contribution in [0.3, 0.4) is 0 Å². The zero-order valence-corrected chi connectivity index (χ0v) is 10.2. The van der Waals surface area contributed by atoms with Crippen LogP contribution < -0.4 is 0 Å². The van der Waals surface area contributed by atoms with Crippen molar-refractivity contribution in [2.24, 2.45) is 0 Å². The van der Waals surface area contributed by atoms with Gasteiger partial charge >= 0.3 is 0 Å². The maximum Gasteiger partial charge on any atom is 0.151 e. The van der Waals surface area contributed by atoms with Gasteiger partial charge in [-0.05, 0) is 19.3 Å². The van der Waals surface area contributed by atoms with Crippen molar-refractivity contribution in [2.45, 2.75) is 76.9 Å². The molecule has 0 aromatic heterocycles. The van der Waals surface area contributed by atoms with E-state index in [4.69, 9.17) is 15.5 Å². The average molecular weight is 227 g/mol. The fourth-order valence-electron chi connectivity index (χ4n) is 1.77. The predicted octanol–water partition coefficient (Wildman–Crippen LogP) is 3.11. The van der Waals surface area contributed by atoms with Gasteiger partial charge in [-0.15, -0.1) is 0 Å². The Labute approximate surface area is 99.1 Å². The highest BCUT2D eigenvalue weighted by Gasteiger charge is 1.96. The first kappa shape index (κ1) is 15.4. The molecule has 0 saturated carbocycles. The largest absolute Gasteiger partial charge is 0.368 e. The second-order valence-electron chi connectivity index (χ2n) is 4.36. The van der Waals surface area contributed by atoms with Gasteiger partial charge < -0.3 is 10.2 Å². The fourth-order valence-corrected chi connectivity index (χ4v) is 1.77. The summed E-state index contributed by atoms with van der Waals surface area (Å²) in [7, 11) is 0. The molecule has 2 N–H and O–H groups in total. The van der Waals surface area contributed by atoms with Crippen molar-refractivity contribution in [1.82, 2.24) is 0 Å². The molecular formula is C13H25NO2. The third-order valence-electron chi connectivity index (χ3n) is 2.75. The van der Waals surface area contributed by atoms with Crippen molar-refractivity contribution in [3.05, 3.63) is 0 Å². The molecule has 16 heavy (non-hydrogen) atoms. The smallest absolute Gasteiger partial charge is 0.151 e. The summed E-state index contributed by atoms with van der Waals surface area (Å²) in [6, 6.07) is 2.16. The van der Waals surface area contributed by atoms with Gasteiger partial charge in [-0.1, -0.05) is 44.9 Å². The summed E-state index contributed by atoms with van der Waals surface area (Å²) >= 11 is 0. The second kappa shape index (κ2) is 12.5. The molecule has 0 aliphatic carbocycles. The van der Waals surface area contributed by atoms with Crippen LogP contribution in [0, 0.1) is 11.3 Å². The van der Waals surface area contributed by atoms with Crippen LogP contribution in [0.1, 0.15) is 70.6 Å². The third kappa shape index (κ3) is 13.4. The molecule has 0 heterocycles. The summed E-state index contributed by atoms with van der Waals surface area (Å²) in [5, 5.41) is 25.6. The zero-order chi connectivity index (χ0) is 12.1. The molecule has 0 aliphatic rings. The maximum absolute atomic E-state index is 8.63. The van der Waals surface area contributed by atoms with Gasteiger partial charge in [0.25, 0.3) is 0 Å². The molecule has 3 nitrogen and oxygen atoms in total. The van der Waals surface area contributed by atoms with Crippen molar-refractivity contribution in [3.63, 3.8) is 0 Å². The first-order valence-corrected chi connectivity index (χ1v) is 6.50. The molecule has 0 unspecified atom stereocenters. The molecule has 0 bridgehead atoms. The van der Waals surface area contributed by atoms with Gasteiger partial charge in [-0.2, -0.15) is 5.26 Å². The van der Waals surface area contributed by atoms with Gasteiger partial charge in [-0.25, -0.2) is 0 Å². The van der Waals surface area contributed by atoms with Crippen LogP contribution in [0.15, 0.2) is 0 Å². The summed E-state index contributed by atoms with van der Waals surface area (Å²) in [5.41, 5.74) is 0. The summed E-state index contributed by atoms with van der Waals surface area (Å²) in [6.07, 6.45) is 10.6. The first-order valence-electron chi connectivity index (χ1n) is 6.50. The number of unbranched alkanes of at least 4 members (excludes halogenated alkanes) is 9. The number of rotatable bonds is 11. The molecule has 0 fully saturated rings. The highest BCUT2D eigenvalue weighted by molar-refractivity contribution is 4.67. The minimum Gasteiger partial charge on any atom is -0.368 e. The lowest BCUT2D eigenvalue weighted by Crippen LogP contribution is -2.02. The molecule has 0 aromatic rings. The second-order valence-corrected chi connectivity index (χ2v) is 4.36. The number of aliphatic hydroxyl groups is 2. The minimum atomic E-state index is -1.12. The molecule has 0 aromatic carbocycles. The normalized spacial score (nSPS) is 10.6. The number of nitrogens with zero attached hydrogens (tertiary/aromatic N) is 1. The molecule has 3 heteroatoms. The Balaban J connectivity index is 2.91. The van der Waals surface area contributed by atoms with E-state index in [1.54, 1.807) is 0 Å². The lowest BCUT2D eigenvalue weighted by Gasteiger charge is -2.03. The third-order valence-corrected chi connectivity index (χ3v) is 2.75. The standard InChI is InChI=1S/C13H25NO2/c14-12-10-8-6-4-2-1-3-5-7-9-11-13(15)16/h13,15-16H,1-11H2. The van der Waals surface area contributed by atoms with E-state index in [9.17, 15) is 0 Å². The van der Waals surface area contributed by atoms with E-state index >= 15 is 0 Å². The SMILES string of the molecule is N#CCCCCCCCCCCCC(O)O. The topological polar surface area (TPSA) is 64.2 Å². The van der Waals surface area contributed by atoms with Crippen LogP contribution in [0.5, 0.6) is 0 Å². The lowest BCUT2D eigenvalue weighted by molar-refractivity contribution is -0.0466. The quantitative estimate of drug-likeness (QED) is 0.421.